The molecule has 0 aliphatic heterocycles. The fourth-order valence-electron chi connectivity index (χ4n) is 4.02. The molecule has 0 bridgehead atoms. The zero-order valence-electron chi connectivity index (χ0n) is 22.5. The number of hydrogen-bond donors (Lipinski definition) is 2. The molecule has 0 radical (unpaired) electrons. The van der Waals surface area contributed by atoms with Crippen LogP contribution >= 0.6 is 0 Å². The summed E-state index contributed by atoms with van der Waals surface area (Å²) in [4.78, 5) is 0.299. The van der Waals surface area contributed by atoms with Crippen LogP contribution in [0.5, 0.6) is 0 Å². The summed E-state index contributed by atoms with van der Waals surface area (Å²) in [7, 11) is -7.69. The Morgan fingerprint density at radius 1 is 0.513 bits per heavy atom. The smallest absolute Gasteiger partial charge is 0.261 e. The molecule has 4 rings (SSSR count). The second-order valence-corrected chi connectivity index (χ2v) is 13.0. The first-order valence-corrected chi connectivity index (χ1v) is 15.2. The molecular weight excluding hydrogens is 528 g/mol. The van der Waals surface area contributed by atoms with E-state index in [0.717, 1.165) is 27.8 Å². The number of aryl methyl sites for hydroxylation is 5. The van der Waals surface area contributed by atoms with Gasteiger partial charge in [-0.25, -0.2) is 16.8 Å². The first-order chi connectivity index (χ1) is 18.3. The van der Waals surface area contributed by atoms with Crippen molar-refractivity contribution in [3.05, 3.63) is 118 Å². The molecular formula is C31H30N2O4S2. The molecule has 4 aromatic carbocycles. The van der Waals surface area contributed by atoms with Crippen molar-refractivity contribution in [1.82, 2.24) is 0 Å². The lowest BCUT2D eigenvalue weighted by molar-refractivity contribution is 0.599. The second-order valence-electron chi connectivity index (χ2n) is 9.64. The summed E-state index contributed by atoms with van der Waals surface area (Å²) in [6.45, 7) is 9.40. The highest BCUT2D eigenvalue weighted by molar-refractivity contribution is 7.93. The summed E-state index contributed by atoms with van der Waals surface area (Å²) in [6.07, 6.45) is 0. The van der Waals surface area contributed by atoms with Gasteiger partial charge in [0.1, 0.15) is 0 Å². The number of benzene rings is 4. The Balaban J connectivity index is 1.74. The van der Waals surface area contributed by atoms with E-state index in [1.54, 1.807) is 72.8 Å². The largest absolute Gasteiger partial charge is 0.278 e. The van der Waals surface area contributed by atoms with Gasteiger partial charge in [0.2, 0.25) is 0 Å². The van der Waals surface area contributed by atoms with Gasteiger partial charge in [-0.15, -0.1) is 0 Å². The fraction of sp³-hybridized carbons (Fsp3) is 0.161. The van der Waals surface area contributed by atoms with E-state index in [1.807, 2.05) is 40.7 Å². The normalized spacial score (nSPS) is 11.4. The summed E-state index contributed by atoms with van der Waals surface area (Å²) >= 11 is 0. The van der Waals surface area contributed by atoms with Crippen molar-refractivity contribution < 1.29 is 16.8 Å². The fourth-order valence-corrected chi connectivity index (χ4v) is 6.25. The maximum absolute atomic E-state index is 13.2. The predicted molar refractivity (Wildman–Crippen MR) is 157 cm³/mol. The van der Waals surface area contributed by atoms with E-state index in [2.05, 4.69) is 21.3 Å². The molecule has 0 spiro atoms. The summed E-state index contributed by atoms with van der Waals surface area (Å²) in [5.74, 6) is 6.15. The van der Waals surface area contributed by atoms with E-state index in [-0.39, 0.29) is 9.79 Å². The number of nitrogens with one attached hydrogen (secondary N) is 2. The maximum atomic E-state index is 13.2. The average Bonchev–Trinajstić information content (AvgIpc) is 2.86. The van der Waals surface area contributed by atoms with Gasteiger partial charge < -0.3 is 0 Å². The Labute approximate surface area is 231 Å². The molecule has 0 aliphatic rings. The van der Waals surface area contributed by atoms with Crippen molar-refractivity contribution >= 4 is 31.4 Å². The summed E-state index contributed by atoms with van der Waals surface area (Å²) < 4.78 is 57.7. The van der Waals surface area contributed by atoms with Gasteiger partial charge >= 0.3 is 0 Å². The first-order valence-electron chi connectivity index (χ1n) is 12.3. The van der Waals surface area contributed by atoms with Gasteiger partial charge in [0.25, 0.3) is 20.0 Å². The van der Waals surface area contributed by atoms with Crippen LogP contribution in [0.4, 0.5) is 11.4 Å². The van der Waals surface area contributed by atoms with Crippen LogP contribution in [0.15, 0.2) is 88.7 Å². The second kappa shape index (κ2) is 11.0. The van der Waals surface area contributed by atoms with Crippen LogP contribution < -0.4 is 9.44 Å². The van der Waals surface area contributed by atoms with Gasteiger partial charge in [0.15, 0.2) is 0 Å². The molecule has 0 atom stereocenters. The molecule has 0 heterocycles. The Bertz CT molecular complexity index is 1810. The topological polar surface area (TPSA) is 92.3 Å². The molecule has 0 aliphatic carbocycles. The summed E-state index contributed by atoms with van der Waals surface area (Å²) in [6, 6.07) is 22.2. The van der Waals surface area contributed by atoms with E-state index < -0.39 is 20.0 Å². The van der Waals surface area contributed by atoms with Crippen LogP contribution in [-0.4, -0.2) is 16.8 Å². The van der Waals surface area contributed by atoms with Gasteiger partial charge in [-0.05, 0) is 93.8 Å². The van der Waals surface area contributed by atoms with E-state index in [1.165, 1.54) is 0 Å². The Kier molecular flexibility index (Phi) is 7.86. The molecule has 200 valence electrons. The lowest BCUT2D eigenvalue weighted by atomic mass is 10.0. The van der Waals surface area contributed by atoms with Crippen molar-refractivity contribution in [1.29, 1.82) is 0 Å². The molecule has 4 aromatic rings. The highest BCUT2D eigenvalue weighted by Gasteiger charge is 2.18. The summed E-state index contributed by atoms with van der Waals surface area (Å²) in [5, 5.41) is 0. The first kappa shape index (κ1) is 28.0. The quantitative estimate of drug-likeness (QED) is 0.275. The Hall–Kier alpha value is -4.06. The Morgan fingerprint density at radius 3 is 1.54 bits per heavy atom. The molecule has 0 aromatic heterocycles. The molecule has 0 fully saturated rings. The van der Waals surface area contributed by atoms with E-state index in [0.29, 0.717) is 22.5 Å². The van der Waals surface area contributed by atoms with Gasteiger partial charge in [-0.3, -0.25) is 9.44 Å². The molecule has 8 heteroatoms. The third kappa shape index (κ3) is 6.69. The molecule has 39 heavy (non-hydrogen) atoms. The zero-order valence-corrected chi connectivity index (χ0v) is 24.1. The van der Waals surface area contributed by atoms with Gasteiger partial charge in [-0.1, -0.05) is 59.4 Å². The lowest BCUT2D eigenvalue weighted by Gasteiger charge is -2.14. The predicted octanol–water partition coefficient (Wildman–Crippen LogP) is 6.23. The van der Waals surface area contributed by atoms with E-state index in [4.69, 9.17) is 0 Å². The number of sulfonamides is 2. The minimum absolute atomic E-state index is 0.148. The monoisotopic (exact) mass is 558 g/mol. The van der Waals surface area contributed by atoms with E-state index >= 15 is 0 Å². The number of hydrogen-bond acceptors (Lipinski definition) is 4. The van der Waals surface area contributed by atoms with Crippen LogP contribution in [0.25, 0.3) is 0 Å². The van der Waals surface area contributed by atoms with Crippen LogP contribution in [0.1, 0.15) is 38.9 Å². The molecule has 0 unspecified atom stereocenters. The molecule has 2 N–H and O–H groups in total. The van der Waals surface area contributed by atoms with Crippen molar-refractivity contribution in [2.24, 2.45) is 0 Å². The highest BCUT2D eigenvalue weighted by atomic mass is 32.2. The third-order valence-electron chi connectivity index (χ3n) is 6.13. The minimum atomic E-state index is -3.85. The zero-order chi connectivity index (χ0) is 28.4. The van der Waals surface area contributed by atoms with E-state index in [9.17, 15) is 16.8 Å². The number of anilines is 2. The van der Waals surface area contributed by atoms with Crippen LogP contribution in [0, 0.1) is 46.5 Å². The minimum Gasteiger partial charge on any atom is -0.278 e. The average molecular weight is 559 g/mol. The van der Waals surface area contributed by atoms with Gasteiger partial charge in [0, 0.05) is 11.1 Å². The third-order valence-corrected chi connectivity index (χ3v) is 8.88. The lowest BCUT2D eigenvalue weighted by Crippen LogP contribution is -2.15. The van der Waals surface area contributed by atoms with Crippen molar-refractivity contribution in [2.45, 2.75) is 44.4 Å². The SMILES string of the molecule is Cc1ccc(S(=O)(=O)Nc2ccc(C)cc2C#Cc2cc(C)cc(C)c2NS(=O)(=O)c2ccc(C)cc2)cc1. The van der Waals surface area contributed by atoms with Crippen LogP contribution in [0.2, 0.25) is 0 Å². The maximum Gasteiger partial charge on any atom is 0.261 e. The molecule has 0 amide bonds. The van der Waals surface area contributed by atoms with Crippen molar-refractivity contribution in [3.8, 4) is 11.8 Å². The van der Waals surface area contributed by atoms with Gasteiger partial charge in [-0.2, -0.15) is 0 Å². The van der Waals surface area contributed by atoms with Crippen LogP contribution in [-0.2, 0) is 20.0 Å². The van der Waals surface area contributed by atoms with Crippen molar-refractivity contribution in [2.75, 3.05) is 9.44 Å². The van der Waals surface area contributed by atoms with Crippen LogP contribution in [0.3, 0.4) is 0 Å². The molecule has 6 nitrogen and oxygen atoms in total. The molecule has 0 saturated carbocycles. The summed E-state index contributed by atoms with van der Waals surface area (Å²) in [5.41, 5.74) is 6.12. The molecule has 0 saturated heterocycles. The Morgan fingerprint density at radius 2 is 0.974 bits per heavy atom. The standard InChI is InChI=1S/C31H30N2O4S2/c1-21-6-13-28(14-7-21)38(34,35)32-30-17-10-23(3)19-26(30)11-12-27-20-24(4)18-25(5)31(27)33-39(36,37)29-15-8-22(2)9-16-29/h6-10,13-20,32-33H,1-5H3. The van der Waals surface area contributed by atoms with Crippen molar-refractivity contribution in [3.63, 3.8) is 0 Å². The van der Waals surface area contributed by atoms with Gasteiger partial charge in [0.05, 0.1) is 21.2 Å². The number of rotatable bonds is 6. The highest BCUT2D eigenvalue weighted by Crippen LogP contribution is 2.27.